The number of aromatic nitrogens is 1. The number of ether oxygens (including phenoxy) is 1. The van der Waals surface area contributed by atoms with Gasteiger partial charge in [-0.15, -0.1) is 11.8 Å². The topological polar surface area (TPSA) is 68.5 Å². The van der Waals surface area contributed by atoms with Crippen LogP contribution >= 0.6 is 11.8 Å². The van der Waals surface area contributed by atoms with Crippen molar-refractivity contribution in [3.63, 3.8) is 0 Å². The van der Waals surface area contributed by atoms with Crippen LogP contribution in [-0.2, 0) is 18.3 Å². The van der Waals surface area contributed by atoms with Crippen LogP contribution in [0.5, 0.6) is 5.75 Å². The molecule has 5 nitrogen and oxygen atoms in total. The minimum absolute atomic E-state index is 0.111. The Morgan fingerprint density at radius 2 is 1.91 bits per heavy atom. The minimum Gasteiger partial charge on any atom is -0.497 e. The second kappa shape index (κ2) is 6.70. The third-order valence-corrected chi connectivity index (χ3v) is 4.17. The number of aliphatic carboxylic acids is 1. The van der Waals surface area contributed by atoms with E-state index in [1.165, 1.54) is 11.8 Å². The highest BCUT2D eigenvalue weighted by Gasteiger charge is 2.21. The Morgan fingerprint density at radius 1 is 1.27 bits per heavy atom. The molecule has 6 heteroatoms. The number of hydrogen-bond acceptors (Lipinski definition) is 4. The van der Waals surface area contributed by atoms with E-state index in [0.717, 1.165) is 4.90 Å². The zero-order valence-corrected chi connectivity index (χ0v) is 13.4. The van der Waals surface area contributed by atoms with E-state index in [9.17, 15) is 9.59 Å². The zero-order valence-electron chi connectivity index (χ0n) is 12.6. The van der Waals surface area contributed by atoms with E-state index >= 15 is 0 Å². The molecule has 116 valence electrons. The highest BCUT2D eigenvalue weighted by molar-refractivity contribution is 7.98. The fourth-order valence-electron chi connectivity index (χ4n) is 2.25. The van der Waals surface area contributed by atoms with Crippen molar-refractivity contribution < 1.29 is 19.4 Å². The number of nitrogens with zero attached hydrogens (tertiary/aromatic N) is 1. The quantitative estimate of drug-likeness (QED) is 0.655. The number of rotatable bonds is 6. The molecule has 0 unspecified atom stereocenters. The van der Waals surface area contributed by atoms with Gasteiger partial charge in [-0.3, -0.25) is 9.59 Å². The molecule has 0 atom stereocenters. The predicted octanol–water partition coefficient (Wildman–Crippen LogP) is 2.61. The van der Waals surface area contributed by atoms with Gasteiger partial charge >= 0.3 is 5.97 Å². The highest BCUT2D eigenvalue weighted by Crippen LogP contribution is 2.27. The number of carbonyl (C=O) groups is 2. The maximum atomic E-state index is 12.7. The molecule has 0 aliphatic heterocycles. The fourth-order valence-corrected chi connectivity index (χ4v) is 2.93. The Hall–Kier alpha value is -2.21. The number of benzene rings is 1. The second-order valence-corrected chi connectivity index (χ2v) is 5.59. The van der Waals surface area contributed by atoms with Crippen LogP contribution in [0.25, 0.3) is 0 Å². The lowest BCUT2D eigenvalue weighted by Gasteiger charge is -2.08. The largest absolute Gasteiger partial charge is 0.497 e. The van der Waals surface area contributed by atoms with Gasteiger partial charge < -0.3 is 14.4 Å². The van der Waals surface area contributed by atoms with Crippen molar-refractivity contribution in [1.29, 1.82) is 0 Å². The molecule has 0 bridgehead atoms. The van der Waals surface area contributed by atoms with Gasteiger partial charge in [-0.2, -0.15) is 0 Å². The van der Waals surface area contributed by atoms with Crippen molar-refractivity contribution in [2.45, 2.75) is 11.3 Å². The molecule has 0 radical (unpaired) electrons. The third-order valence-electron chi connectivity index (χ3n) is 3.42. The van der Waals surface area contributed by atoms with Gasteiger partial charge in [0.1, 0.15) is 11.4 Å². The molecule has 0 aliphatic carbocycles. The number of hydrogen-bond donors (Lipinski definition) is 1. The van der Waals surface area contributed by atoms with Crippen LogP contribution < -0.4 is 4.74 Å². The molecular weight excluding hydrogens is 302 g/mol. The van der Waals surface area contributed by atoms with Crippen LogP contribution in [0.1, 0.15) is 21.7 Å². The maximum Gasteiger partial charge on any atom is 0.309 e. The van der Waals surface area contributed by atoms with Crippen molar-refractivity contribution in [3.05, 3.63) is 47.3 Å². The lowest BCUT2D eigenvalue weighted by atomic mass is 10.1. The summed E-state index contributed by atoms with van der Waals surface area (Å²) in [7, 11) is 3.28. The van der Waals surface area contributed by atoms with Gasteiger partial charge in [-0.1, -0.05) is 0 Å². The van der Waals surface area contributed by atoms with Crippen LogP contribution in [0.2, 0.25) is 0 Å². The number of carboxylic acids is 1. The molecular formula is C16H17NO4S. The van der Waals surface area contributed by atoms with Gasteiger partial charge in [0.2, 0.25) is 5.78 Å². The van der Waals surface area contributed by atoms with Gasteiger partial charge in [0.25, 0.3) is 0 Å². The summed E-state index contributed by atoms with van der Waals surface area (Å²) in [5.41, 5.74) is 1.65. The fraction of sp³-hybridized carbons (Fsp3) is 0.250. The van der Waals surface area contributed by atoms with Crippen molar-refractivity contribution in [3.8, 4) is 5.75 Å². The van der Waals surface area contributed by atoms with Crippen LogP contribution in [0.4, 0.5) is 0 Å². The first kappa shape index (κ1) is 16.2. The van der Waals surface area contributed by atoms with Crippen LogP contribution in [0, 0.1) is 0 Å². The molecule has 0 amide bonds. The number of carbonyl (C=O) groups excluding carboxylic acids is 1. The van der Waals surface area contributed by atoms with Gasteiger partial charge in [0, 0.05) is 23.2 Å². The summed E-state index contributed by atoms with van der Waals surface area (Å²) in [4.78, 5) is 24.4. The van der Waals surface area contributed by atoms with Gasteiger partial charge in [0.05, 0.1) is 13.5 Å². The number of carboxylic acid groups (broad SMARTS) is 1. The van der Waals surface area contributed by atoms with Crippen LogP contribution in [-0.4, -0.2) is 34.8 Å². The molecule has 0 fully saturated rings. The molecule has 0 saturated carbocycles. The average molecular weight is 319 g/mol. The Labute approximate surface area is 132 Å². The molecule has 1 heterocycles. The van der Waals surface area contributed by atoms with Crippen molar-refractivity contribution in [1.82, 2.24) is 4.57 Å². The highest BCUT2D eigenvalue weighted by atomic mass is 32.2. The van der Waals surface area contributed by atoms with E-state index in [2.05, 4.69) is 0 Å². The molecule has 0 aliphatic rings. The Bertz CT molecular complexity index is 704. The predicted molar refractivity (Wildman–Crippen MR) is 85.0 cm³/mol. The van der Waals surface area contributed by atoms with Gasteiger partial charge in [-0.05, 0) is 36.6 Å². The van der Waals surface area contributed by atoms with E-state index < -0.39 is 5.97 Å². The molecule has 1 N–H and O–H groups in total. The Kier molecular flexibility index (Phi) is 4.92. The average Bonchev–Trinajstić information content (AvgIpc) is 2.82. The molecule has 0 spiro atoms. The van der Waals surface area contributed by atoms with Crippen molar-refractivity contribution in [2.75, 3.05) is 13.4 Å². The number of thioether (sulfide) groups is 1. The SMILES string of the molecule is COc1ccc(C(=O)c2c(SC)cc(CC(=O)O)n2C)cc1. The molecule has 1 aromatic carbocycles. The van der Waals surface area contributed by atoms with E-state index in [0.29, 0.717) is 22.7 Å². The van der Waals surface area contributed by atoms with Crippen LogP contribution in [0.15, 0.2) is 35.2 Å². The lowest BCUT2D eigenvalue weighted by Crippen LogP contribution is -2.12. The summed E-state index contributed by atoms with van der Waals surface area (Å²) in [6.45, 7) is 0. The summed E-state index contributed by atoms with van der Waals surface area (Å²) in [5.74, 6) is -0.372. The summed E-state index contributed by atoms with van der Waals surface area (Å²) in [6, 6.07) is 8.63. The first-order valence-corrected chi connectivity index (χ1v) is 7.83. The second-order valence-electron chi connectivity index (χ2n) is 4.74. The van der Waals surface area contributed by atoms with E-state index in [4.69, 9.17) is 9.84 Å². The molecule has 1 aromatic heterocycles. The monoisotopic (exact) mass is 319 g/mol. The molecule has 2 aromatic rings. The van der Waals surface area contributed by atoms with E-state index in [1.54, 1.807) is 49.1 Å². The summed E-state index contributed by atoms with van der Waals surface area (Å²) >= 11 is 1.43. The van der Waals surface area contributed by atoms with Crippen LogP contribution in [0.3, 0.4) is 0 Å². The summed E-state index contributed by atoms with van der Waals surface area (Å²) in [6.07, 6.45) is 1.75. The molecule has 22 heavy (non-hydrogen) atoms. The lowest BCUT2D eigenvalue weighted by molar-refractivity contribution is -0.136. The maximum absolute atomic E-state index is 12.7. The van der Waals surface area contributed by atoms with Gasteiger partial charge in [-0.25, -0.2) is 0 Å². The first-order chi connectivity index (χ1) is 10.5. The number of ketones is 1. The standard InChI is InChI=1S/C16H17NO4S/c1-17-11(9-14(18)19)8-13(22-3)15(17)16(20)10-4-6-12(21-2)7-5-10/h4-8H,9H2,1-3H3,(H,18,19). The third kappa shape index (κ3) is 3.17. The van der Waals surface area contributed by atoms with Crippen molar-refractivity contribution >= 4 is 23.5 Å². The van der Waals surface area contributed by atoms with E-state index in [1.807, 2.05) is 6.26 Å². The summed E-state index contributed by atoms with van der Waals surface area (Å²) < 4.78 is 6.74. The van der Waals surface area contributed by atoms with Gasteiger partial charge in [0.15, 0.2) is 0 Å². The summed E-state index contributed by atoms with van der Waals surface area (Å²) in [5, 5.41) is 8.96. The Morgan fingerprint density at radius 3 is 2.41 bits per heavy atom. The smallest absolute Gasteiger partial charge is 0.309 e. The zero-order chi connectivity index (χ0) is 16.3. The molecule has 0 saturated heterocycles. The minimum atomic E-state index is -0.920. The van der Waals surface area contributed by atoms with Crippen molar-refractivity contribution in [2.24, 2.45) is 7.05 Å². The van der Waals surface area contributed by atoms with E-state index in [-0.39, 0.29) is 12.2 Å². The molecule has 2 rings (SSSR count). The first-order valence-electron chi connectivity index (χ1n) is 6.61. The Balaban J connectivity index is 2.43. The number of methoxy groups -OCH3 is 1. The normalized spacial score (nSPS) is 10.5.